The number of carbonyl (C=O) groups excluding carboxylic acids is 2. The second-order valence-electron chi connectivity index (χ2n) is 6.95. The monoisotopic (exact) mass is 394 g/mol. The van der Waals surface area contributed by atoms with E-state index in [1.165, 1.54) is 0 Å². The van der Waals surface area contributed by atoms with Crippen molar-refractivity contribution >= 4 is 29.3 Å². The number of nitrogens with zero attached hydrogens (tertiary/aromatic N) is 1. The summed E-state index contributed by atoms with van der Waals surface area (Å²) in [6, 6.07) is 15.0. The van der Waals surface area contributed by atoms with Gasteiger partial charge in [0.1, 0.15) is 5.40 Å². The number of thiocyanates is 1. The van der Waals surface area contributed by atoms with Gasteiger partial charge in [0, 0.05) is 10.6 Å². The minimum absolute atomic E-state index is 0.318. The summed E-state index contributed by atoms with van der Waals surface area (Å²) in [6.07, 6.45) is 3.44. The second-order valence-corrected chi connectivity index (χ2v) is 7.81. The topological polar surface area (TPSA) is 79.2 Å². The molecule has 0 bridgehead atoms. The van der Waals surface area contributed by atoms with Gasteiger partial charge in [0.2, 0.25) is 0 Å². The molecule has 1 N–H and O–H groups in total. The van der Waals surface area contributed by atoms with Gasteiger partial charge < -0.3 is 10.1 Å². The van der Waals surface area contributed by atoms with Gasteiger partial charge in [-0.15, -0.1) is 0 Å². The van der Waals surface area contributed by atoms with E-state index in [-0.39, 0.29) is 18.5 Å². The van der Waals surface area contributed by atoms with Crippen LogP contribution in [0.4, 0.5) is 5.69 Å². The summed E-state index contributed by atoms with van der Waals surface area (Å²) in [7, 11) is 0. The van der Waals surface area contributed by atoms with Gasteiger partial charge in [-0.2, -0.15) is 5.26 Å². The first-order chi connectivity index (χ1) is 13.5. The van der Waals surface area contributed by atoms with E-state index >= 15 is 0 Å². The normalized spacial score (nSPS) is 14.9. The molecule has 1 aliphatic carbocycles. The zero-order valence-corrected chi connectivity index (χ0v) is 16.6. The molecule has 0 saturated heterocycles. The van der Waals surface area contributed by atoms with Crippen molar-refractivity contribution in [1.29, 1.82) is 5.26 Å². The fraction of sp³-hybridized carbons (Fsp3) is 0.318. The van der Waals surface area contributed by atoms with Crippen LogP contribution in [-0.4, -0.2) is 18.5 Å². The van der Waals surface area contributed by atoms with Gasteiger partial charge in [0.05, 0.1) is 5.41 Å². The van der Waals surface area contributed by atoms with Crippen molar-refractivity contribution in [2.24, 2.45) is 0 Å². The Balaban J connectivity index is 1.62. The minimum atomic E-state index is -0.645. The van der Waals surface area contributed by atoms with Crippen LogP contribution >= 0.6 is 11.8 Å². The number of hydrogen-bond donors (Lipinski definition) is 1. The van der Waals surface area contributed by atoms with Crippen LogP contribution < -0.4 is 5.32 Å². The summed E-state index contributed by atoms with van der Waals surface area (Å²) < 4.78 is 5.42. The third kappa shape index (κ3) is 4.37. The standard InChI is InChI=1S/C22H22N2O3S/c1-16-13-18(28-15-23)9-10-19(16)24-20(25)14-27-21(26)22(11-5-6-12-22)17-7-3-2-4-8-17/h2-4,7-10,13H,5-6,11-12,14H2,1H3,(H,24,25). The van der Waals surface area contributed by atoms with E-state index in [0.29, 0.717) is 5.69 Å². The molecule has 0 aliphatic heterocycles. The molecule has 6 heteroatoms. The van der Waals surface area contributed by atoms with Crippen molar-refractivity contribution in [1.82, 2.24) is 0 Å². The van der Waals surface area contributed by atoms with E-state index in [1.807, 2.05) is 48.7 Å². The fourth-order valence-electron chi connectivity index (χ4n) is 3.69. The van der Waals surface area contributed by atoms with Gasteiger partial charge in [0.15, 0.2) is 6.61 Å². The molecule has 2 aromatic carbocycles. The first kappa shape index (κ1) is 20.0. The van der Waals surface area contributed by atoms with E-state index < -0.39 is 5.41 Å². The summed E-state index contributed by atoms with van der Waals surface area (Å²) in [5.74, 6) is -0.706. The Morgan fingerprint density at radius 3 is 2.54 bits per heavy atom. The average Bonchev–Trinajstić information content (AvgIpc) is 3.20. The van der Waals surface area contributed by atoms with Gasteiger partial charge in [-0.25, -0.2) is 0 Å². The molecule has 28 heavy (non-hydrogen) atoms. The molecular weight excluding hydrogens is 372 g/mol. The SMILES string of the molecule is Cc1cc(SC#N)ccc1NC(=O)COC(=O)C1(c2ccccc2)CCCC1. The van der Waals surface area contributed by atoms with Crippen LogP contribution in [0.5, 0.6) is 0 Å². The molecule has 0 aromatic heterocycles. The maximum absolute atomic E-state index is 12.9. The summed E-state index contributed by atoms with van der Waals surface area (Å²) in [4.78, 5) is 26.0. The van der Waals surface area contributed by atoms with Crippen molar-refractivity contribution in [2.75, 3.05) is 11.9 Å². The zero-order valence-electron chi connectivity index (χ0n) is 15.7. The maximum Gasteiger partial charge on any atom is 0.317 e. The van der Waals surface area contributed by atoms with E-state index in [0.717, 1.165) is 53.5 Å². The Hall–Kier alpha value is -2.78. The number of anilines is 1. The highest BCUT2D eigenvalue weighted by atomic mass is 32.2. The molecule has 0 radical (unpaired) electrons. The van der Waals surface area contributed by atoms with Crippen molar-refractivity contribution in [3.05, 3.63) is 59.7 Å². The van der Waals surface area contributed by atoms with Crippen LogP contribution in [-0.2, 0) is 19.7 Å². The van der Waals surface area contributed by atoms with Gasteiger partial charge in [-0.05, 0) is 60.9 Å². The lowest BCUT2D eigenvalue weighted by Gasteiger charge is -2.27. The summed E-state index contributed by atoms with van der Waals surface area (Å²) >= 11 is 1.07. The van der Waals surface area contributed by atoms with Crippen LogP contribution in [0.3, 0.4) is 0 Å². The molecule has 2 aromatic rings. The van der Waals surface area contributed by atoms with Crippen molar-refractivity contribution in [3.8, 4) is 5.40 Å². The number of nitriles is 1. The van der Waals surface area contributed by atoms with Crippen LogP contribution in [0.1, 0.15) is 36.8 Å². The molecule has 0 spiro atoms. The Bertz CT molecular complexity index is 900. The molecule has 144 valence electrons. The molecule has 1 saturated carbocycles. The number of esters is 1. The summed E-state index contributed by atoms with van der Waals surface area (Å²) in [5.41, 5.74) is 1.80. The molecule has 0 heterocycles. The molecule has 3 rings (SSSR count). The Morgan fingerprint density at radius 1 is 1.18 bits per heavy atom. The average molecular weight is 394 g/mol. The van der Waals surface area contributed by atoms with Crippen molar-refractivity contribution < 1.29 is 14.3 Å². The number of ether oxygens (including phenoxy) is 1. The van der Waals surface area contributed by atoms with E-state index in [1.54, 1.807) is 12.1 Å². The van der Waals surface area contributed by atoms with Crippen LogP contribution in [0.2, 0.25) is 0 Å². The molecular formula is C22H22N2O3S. The van der Waals surface area contributed by atoms with E-state index in [9.17, 15) is 9.59 Å². The smallest absolute Gasteiger partial charge is 0.317 e. The predicted octanol–water partition coefficient (Wildman–Crippen LogP) is 4.56. The van der Waals surface area contributed by atoms with E-state index in [2.05, 4.69) is 5.32 Å². The lowest BCUT2D eigenvalue weighted by Crippen LogP contribution is -2.36. The first-order valence-corrected chi connectivity index (χ1v) is 10.1. The van der Waals surface area contributed by atoms with Gasteiger partial charge >= 0.3 is 5.97 Å². The summed E-state index contributed by atoms with van der Waals surface area (Å²) in [5, 5.41) is 13.5. The minimum Gasteiger partial charge on any atom is -0.455 e. The Morgan fingerprint density at radius 2 is 1.89 bits per heavy atom. The first-order valence-electron chi connectivity index (χ1n) is 9.24. The zero-order chi connectivity index (χ0) is 20.0. The highest BCUT2D eigenvalue weighted by molar-refractivity contribution is 8.03. The number of nitrogens with one attached hydrogen (secondary N) is 1. The van der Waals surface area contributed by atoms with Crippen molar-refractivity contribution in [3.63, 3.8) is 0 Å². The van der Waals surface area contributed by atoms with E-state index in [4.69, 9.17) is 10.00 Å². The third-order valence-electron chi connectivity index (χ3n) is 5.14. The van der Waals surface area contributed by atoms with Gasteiger partial charge in [-0.1, -0.05) is 43.2 Å². The number of rotatable bonds is 6. The Kier molecular flexibility index (Phi) is 6.37. The highest BCUT2D eigenvalue weighted by Crippen LogP contribution is 2.42. The third-order valence-corrected chi connectivity index (χ3v) is 5.72. The maximum atomic E-state index is 12.9. The lowest BCUT2D eigenvalue weighted by atomic mass is 9.79. The van der Waals surface area contributed by atoms with Crippen LogP contribution in [0.15, 0.2) is 53.4 Å². The number of aryl methyl sites for hydroxylation is 1. The Labute approximate surface area is 169 Å². The number of carbonyl (C=O) groups is 2. The van der Waals surface area contributed by atoms with Gasteiger partial charge in [0.25, 0.3) is 5.91 Å². The lowest BCUT2D eigenvalue weighted by molar-refractivity contribution is -0.153. The summed E-state index contributed by atoms with van der Waals surface area (Å²) in [6.45, 7) is 1.54. The second kappa shape index (κ2) is 8.94. The van der Waals surface area contributed by atoms with Crippen LogP contribution in [0.25, 0.3) is 0 Å². The molecule has 1 fully saturated rings. The molecule has 0 atom stereocenters. The fourth-order valence-corrected chi connectivity index (χ4v) is 4.17. The molecule has 0 unspecified atom stereocenters. The number of hydrogen-bond acceptors (Lipinski definition) is 5. The molecule has 1 amide bonds. The quantitative estimate of drug-likeness (QED) is 0.441. The van der Waals surface area contributed by atoms with Crippen molar-refractivity contribution in [2.45, 2.75) is 42.9 Å². The number of amides is 1. The number of thioether (sulfide) groups is 1. The van der Waals surface area contributed by atoms with Gasteiger partial charge in [-0.3, -0.25) is 9.59 Å². The molecule has 5 nitrogen and oxygen atoms in total. The van der Waals surface area contributed by atoms with Crippen LogP contribution in [0, 0.1) is 17.6 Å². The largest absolute Gasteiger partial charge is 0.455 e. The molecule has 1 aliphatic rings. The highest BCUT2D eigenvalue weighted by Gasteiger charge is 2.44. The predicted molar refractivity (Wildman–Crippen MR) is 109 cm³/mol. The number of benzene rings is 2.